The van der Waals surface area contributed by atoms with Gasteiger partial charge in [-0.1, -0.05) is 0 Å². The van der Waals surface area contributed by atoms with Crippen molar-refractivity contribution in [1.29, 1.82) is 0 Å². The van der Waals surface area contributed by atoms with Crippen LogP contribution in [-0.4, -0.2) is 57.4 Å². The molecule has 0 aromatic rings. The van der Waals surface area contributed by atoms with Crippen LogP contribution >= 0.6 is 9.47 Å². The van der Waals surface area contributed by atoms with Crippen LogP contribution in [0.2, 0.25) is 0 Å². The zero-order chi connectivity index (χ0) is 4.28. The first-order valence-electron chi connectivity index (χ1n) is 1.14. The van der Waals surface area contributed by atoms with Gasteiger partial charge in [0.15, 0.2) is 0 Å². The molecular weight excluding hydrogens is 126 g/mol. The number of carbonyl (C=O) groups is 1. The Hall–Kier alpha value is 1.54. The third-order valence-electron chi connectivity index (χ3n) is 0.166. The minimum absolute atomic E-state index is 0. The molecule has 0 N–H and O–H groups in total. The molecule has 0 amide bonds. The minimum atomic E-state index is -0.282. The summed E-state index contributed by atoms with van der Waals surface area (Å²) in [5.41, 5.74) is 0. The van der Waals surface area contributed by atoms with Crippen molar-refractivity contribution in [2.75, 3.05) is 0 Å². The quantitative estimate of drug-likeness (QED) is 0.334. The Balaban J connectivity index is 0. The molecule has 0 heterocycles. The second-order valence-electron chi connectivity index (χ2n) is 0.609. The van der Waals surface area contributed by atoms with Gasteiger partial charge in [-0.2, -0.15) is 0 Å². The Kier molecular flexibility index (Phi) is 11.4. The monoisotopic (exact) mass is 132 g/mol. The van der Waals surface area contributed by atoms with Crippen molar-refractivity contribution in [2.45, 2.75) is 6.92 Å². The number of carbonyl (C=O) groups excluding carboxylic acids is 1. The van der Waals surface area contributed by atoms with Crippen molar-refractivity contribution < 1.29 is 9.32 Å². The molecule has 0 fully saturated rings. The topological polar surface area (TPSA) is 26.3 Å². The van der Waals surface area contributed by atoms with Crippen LogP contribution in [-0.2, 0) is 9.32 Å². The zero-order valence-corrected chi connectivity index (χ0v) is 4.05. The van der Waals surface area contributed by atoms with E-state index in [1.807, 2.05) is 9.47 Å². The van der Waals surface area contributed by atoms with E-state index in [0.29, 0.717) is 0 Å². The van der Waals surface area contributed by atoms with E-state index in [-0.39, 0.29) is 57.4 Å². The first kappa shape index (κ1) is 10.5. The molecule has 2 nitrogen and oxygen atoms in total. The van der Waals surface area contributed by atoms with E-state index in [2.05, 4.69) is 4.52 Å². The van der Waals surface area contributed by atoms with Gasteiger partial charge >= 0.3 is 57.4 Å². The van der Waals surface area contributed by atoms with Gasteiger partial charge in [0, 0.05) is 6.92 Å². The number of rotatable bonds is 0. The zero-order valence-electron chi connectivity index (χ0n) is 2.89. The fraction of sp³-hybridized carbons (Fsp3) is 0.500. The maximum absolute atomic E-state index is 9.57. The molecule has 6 heavy (non-hydrogen) atoms. The first-order valence-corrected chi connectivity index (χ1v) is 1.62. The third kappa shape index (κ3) is 9.11. The van der Waals surface area contributed by atoms with E-state index in [4.69, 9.17) is 0 Å². The van der Waals surface area contributed by atoms with E-state index < -0.39 is 0 Å². The van der Waals surface area contributed by atoms with Crippen molar-refractivity contribution in [3.8, 4) is 0 Å². The van der Waals surface area contributed by atoms with Gasteiger partial charge in [0.25, 0.3) is 0 Å². The average Bonchev–Trinajstić information content (AvgIpc) is 1.38. The molecule has 4 heteroatoms. The first-order chi connectivity index (χ1) is 2.27. The molecule has 0 aromatic heterocycles. The summed E-state index contributed by atoms with van der Waals surface area (Å²) in [7, 11) is 1.84. The summed E-state index contributed by atoms with van der Waals surface area (Å²) in [5.74, 6) is -0.282. The van der Waals surface area contributed by atoms with E-state index >= 15 is 0 Å². The van der Waals surface area contributed by atoms with Gasteiger partial charge in [0.2, 0.25) is 0 Å². The molecule has 0 bridgehead atoms. The van der Waals surface area contributed by atoms with Gasteiger partial charge in [0.05, 0.1) is 9.47 Å². The fourth-order valence-electron chi connectivity index (χ4n) is 0. The summed E-state index contributed by atoms with van der Waals surface area (Å²) in [6, 6.07) is 0. The molecule has 1 unspecified atom stereocenters. The molecule has 0 aliphatic rings. The van der Waals surface area contributed by atoms with E-state index in [0.717, 1.165) is 0 Å². The van der Waals surface area contributed by atoms with Crippen LogP contribution in [0.25, 0.3) is 0 Å². The predicted octanol–water partition coefficient (Wildman–Crippen LogP) is -0.309. The fourth-order valence-corrected chi connectivity index (χ4v) is 0. The molecular formula is C2H6KO2P. The van der Waals surface area contributed by atoms with Gasteiger partial charge in [-0.05, 0) is 0 Å². The van der Waals surface area contributed by atoms with Crippen molar-refractivity contribution >= 4 is 66.8 Å². The molecule has 0 aliphatic carbocycles. The number of hydrogen-bond donors (Lipinski definition) is 0. The Morgan fingerprint density at radius 1 is 1.83 bits per heavy atom. The molecule has 0 aromatic carbocycles. The van der Waals surface area contributed by atoms with Crippen LogP contribution in [0.15, 0.2) is 0 Å². The van der Waals surface area contributed by atoms with Crippen molar-refractivity contribution in [3.63, 3.8) is 0 Å². The van der Waals surface area contributed by atoms with E-state index in [9.17, 15) is 4.79 Å². The second kappa shape index (κ2) is 6.54. The van der Waals surface area contributed by atoms with Gasteiger partial charge in [-0.25, -0.2) is 0 Å². The Bertz CT molecular complexity index is 46.8. The normalized spacial score (nSPS) is 5.67. The summed E-state index contributed by atoms with van der Waals surface area (Å²) in [6.07, 6.45) is 0. The summed E-state index contributed by atoms with van der Waals surface area (Å²) in [4.78, 5) is 9.57. The third-order valence-corrected chi connectivity index (χ3v) is 0.498. The van der Waals surface area contributed by atoms with Crippen LogP contribution in [0.5, 0.6) is 0 Å². The van der Waals surface area contributed by atoms with Crippen LogP contribution < -0.4 is 0 Å². The van der Waals surface area contributed by atoms with E-state index in [1.54, 1.807) is 0 Å². The van der Waals surface area contributed by atoms with Gasteiger partial charge in [-0.3, -0.25) is 4.79 Å². The number of hydrogen-bond acceptors (Lipinski definition) is 2. The summed E-state index contributed by atoms with van der Waals surface area (Å²) >= 11 is 0. The van der Waals surface area contributed by atoms with Crippen molar-refractivity contribution in [1.82, 2.24) is 0 Å². The maximum atomic E-state index is 9.57. The molecule has 0 saturated carbocycles. The molecule has 0 rings (SSSR count). The van der Waals surface area contributed by atoms with Gasteiger partial charge in [-0.15, -0.1) is 0 Å². The van der Waals surface area contributed by atoms with Gasteiger partial charge < -0.3 is 4.52 Å². The van der Waals surface area contributed by atoms with Crippen molar-refractivity contribution in [3.05, 3.63) is 0 Å². The van der Waals surface area contributed by atoms with Crippen LogP contribution in [0.4, 0.5) is 0 Å². The van der Waals surface area contributed by atoms with Crippen LogP contribution in [0, 0.1) is 0 Å². The molecule has 0 spiro atoms. The van der Waals surface area contributed by atoms with Crippen LogP contribution in [0.1, 0.15) is 6.92 Å². The Labute approximate surface area is 81.7 Å². The van der Waals surface area contributed by atoms with E-state index in [1.165, 1.54) is 6.92 Å². The molecule has 32 valence electrons. The summed E-state index contributed by atoms with van der Waals surface area (Å²) in [5, 5.41) is 0. The molecule has 0 saturated heterocycles. The average molecular weight is 132 g/mol. The standard InChI is InChI=1S/C2H5O2P.K.H/c1-2(3)4-5;;/h5H2,1H3;;. The van der Waals surface area contributed by atoms with Crippen molar-refractivity contribution in [2.24, 2.45) is 0 Å². The second-order valence-corrected chi connectivity index (χ2v) is 0.845. The Morgan fingerprint density at radius 3 is 2.00 bits per heavy atom. The molecule has 0 radical (unpaired) electrons. The predicted molar refractivity (Wildman–Crippen MR) is 28.6 cm³/mol. The molecule has 1 atom stereocenters. The van der Waals surface area contributed by atoms with Gasteiger partial charge in [0.1, 0.15) is 0 Å². The Morgan fingerprint density at radius 2 is 2.00 bits per heavy atom. The summed E-state index contributed by atoms with van der Waals surface area (Å²) in [6.45, 7) is 1.34. The van der Waals surface area contributed by atoms with Crippen LogP contribution in [0.3, 0.4) is 0 Å². The molecule has 0 aliphatic heterocycles. The SMILES string of the molecule is CC(=O)OP.[KH]. The summed E-state index contributed by atoms with van der Waals surface area (Å²) < 4.78 is 4.03.